The average Bonchev–Trinajstić information content (AvgIpc) is 2.85. The molecule has 0 spiro atoms. The lowest BCUT2D eigenvalue weighted by Gasteiger charge is -2.13. The summed E-state index contributed by atoms with van der Waals surface area (Å²) in [4.78, 5) is 32.1. The number of carbonyl (C=O) groups is 1. The summed E-state index contributed by atoms with van der Waals surface area (Å²) in [6.07, 6.45) is 1.28. The Morgan fingerprint density at radius 3 is 2.08 bits per heavy atom. The van der Waals surface area contributed by atoms with E-state index in [0.717, 1.165) is 24.3 Å². The molecular weight excluding hydrogens is 611 g/mol. The van der Waals surface area contributed by atoms with Crippen molar-refractivity contribution in [1.82, 2.24) is 5.43 Å². The van der Waals surface area contributed by atoms with Gasteiger partial charge in [-0.15, -0.1) is 0 Å². The van der Waals surface area contributed by atoms with E-state index in [2.05, 4.69) is 10.5 Å². The fourth-order valence-electron chi connectivity index (χ4n) is 2.75. The number of carbonyl (C=O) groups excluding carboxylic acids is 1. The minimum absolute atomic E-state index is 0.0514. The molecule has 186 valence electrons. The standard InChI is InChI=1S/C21H15IN4O9S/c1-34-19-11-13(12-23-24-21(27)14-2-4-15(5-3-14)25(28)29)10-18(22)20(19)35-36(32,33)17-8-6-16(7-9-17)26(30)31/h2-12H,1H3,(H,24,27)/b23-12-. The molecule has 0 aromatic heterocycles. The first-order valence-corrected chi connectivity index (χ1v) is 12.1. The minimum atomic E-state index is -4.33. The van der Waals surface area contributed by atoms with Crippen molar-refractivity contribution in [2.24, 2.45) is 5.10 Å². The molecule has 0 fully saturated rings. The molecule has 0 bridgehead atoms. The number of rotatable bonds is 9. The van der Waals surface area contributed by atoms with Gasteiger partial charge in [0.05, 0.1) is 26.7 Å². The van der Waals surface area contributed by atoms with Gasteiger partial charge in [-0.25, -0.2) is 5.43 Å². The summed E-state index contributed by atoms with van der Waals surface area (Å²) in [5.74, 6) is -0.656. The van der Waals surface area contributed by atoms with Gasteiger partial charge in [-0.3, -0.25) is 25.0 Å². The van der Waals surface area contributed by atoms with Crippen LogP contribution in [0.2, 0.25) is 0 Å². The molecule has 36 heavy (non-hydrogen) atoms. The van der Waals surface area contributed by atoms with Crippen molar-refractivity contribution in [3.05, 3.63) is 95.6 Å². The number of methoxy groups -OCH3 is 1. The number of nitrogens with one attached hydrogen (secondary N) is 1. The Balaban J connectivity index is 1.76. The van der Waals surface area contributed by atoms with Crippen LogP contribution in [0.4, 0.5) is 11.4 Å². The molecule has 13 nitrogen and oxygen atoms in total. The van der Waals surface area contributed by atoms with E-state index < -0.39 is 25.9 Å². The highest BCUT2D eigenvalue weighted by atomic mass is 127. The number of nitrogens with zero attached hydrogens (tertiary/aromatic N) is 3. The summed E-state index contributed by atoms with van der Waals surface area (Å²) in [5, 5.41) is 25.3. The van der Waals surface area contributed by atoms with Gasteiger partial charge in [0.2, 0.25) is 0 Å². The molecule has 15 heteroatoms. The molecule has 3 aromatic rings. The zero-order valence-corrected chi connectivity index (χ0v) is 21.1. The monoisotopic (exact) mass is 626 g/mol. The van der Waals surface area contributed by atoms with Gasteiger partial charge in [-0.2, -0.15) is 13.5 Å². The predicted octanol–water partition coefficient (Wildman–Crippen LogP) is 3.65. The van der Waals surface area contributed by atoms with Crippen LogP contribution in [0.5, 0.6) is 11.5 Å². The number of nitro benzene ring substituents is 2. The van der Waals surface area contributed by atoms with Crippen molar-refractivity contribution in [1.29, 1.82) is 0 Å². The first-order chi connectivity index (χ1) is 17.0. The van der Waals surface area contributed by atoms with Crippen molar-refractivity contribution >= 4 is 56.2 Å². The third-order valence-electron chi connectivity index (χ3n) is 4.50. The average molecular weight is 626 g/mol. The van der Waals surface area contributed by atoms with Crippen LogP contribution < -0.4 is 14.3 Å². The molecule has 3 aromatic carbocycles. The maximum Gasteiger partial charge on any atom is 0.339 e. The predicted molar refractivity (Wildman–Crippen MR) is 135 cm³/mol. The van der Waals surface area contributed by atoms with Crippen LogP contribution in [0, 0.1) is 23.8 Å². The number of non-ortho nitro benzene ring substituents is 2. The Bertz CT molecular complexity index is 1460. The highest BCUT2D eigenvalue weighted by Gasteiger charge is 2.23. The van der Waals surface area contributed by atoms with Gasteiger partial charge in [0.1, 0.15) is 4.90 Å². The maximum atomic E-state index is 12.7. The van der Waals surface area contributed by atoms with E-state index in [9.17, 15) is 33.4 Å². The molecule has 0 radical (unpaired) electrons. The Morgan fingerprint density at radius 2 is 1.56 bits per heavy atom. The summed E-state index contributed by atoms with van der Waals surface area (Å²) < 4.78 is 36.1. The van der Waals surface area contributed by atoms with Gasteiger partial charge in [-0.1, -0.05) is 0 Å². The van der Waals surface area contributed by atoms with E-state index in [1.165, 1.54) is 49.7 Å². The lowest BCUT2D eigenvalue weighted by molar-refractivity contribution is -0.385. The largest absolute Gasteiger partial charge is 0.493 e. The lowest BCUT2D eigenvalue weighted by atomic mass is 10.2. The summed E-state index contributed by atoms with van der Waals surface area (Å²) in [5.41, 5.74) is 2.44. The summed E-state index contributed by atoms with van der Waals surface area (Å²) in [6.45, 7) is 0. The zero-order chi connectivity index (χ0) is 26.5. The molecule has 0 atom stereocenters. The molecule has 0 saturated carbocycles. The number of nitro groups is 2. The zero-order valence-electron chi connectivity index (χ0n) is 18.2. The molecule has 0 unspecified atom stereocenters. The molecule has 0 aliphatic carbocycles. The Kier molecular flexibility index (Phi) is 8.15. The first-order valence-electron chi connectivity index (χ1n) is 9.66. The van der Waals surface area contributed by atoms with Crippen molar-refractivity contribution in [3.8, 4) is 11.5 Å². The molecule has 0 aliphatic rings. The van der Waals surface area contributed by atoms with Crippen molar-refractivity contribution < 1.29 is 32.0 Å². The molecule has 3 rings (SSSR count). The number of hydrogen-bond donors (Lipinski definition) is 1. The molecule has 1 N–H and O–H groups in total. The summed E-state index contributed by atoms with van der Waals surface area (Å²) in [6, 6.07) is 12.1. The number of amides is 1. The van der Waals surface area contributed by atoms with Crippen LogP contribution >= 0.6 is 22.6 Å². The maximum absolute atomic E-state index is 12.7. The van der Waals surface area contributed by atoms with Gasteiger partial charge in [0, 0.05) is 29.8 Å². The highest BCUT2D eigenvalue weighted by Crippen LogP contribution is 2.35. The van der Waals surface area contributed by atoms with Crippen LogP contribution in [0.3, 0.4) is 0 Å². The molecule has 0 heterocycles. The normalized spacial score (nSPS) is 11.2. The van der Waals surface area contributed by atoms with E-state index >= 15 is 0 Å². The van der Waals surface area contributed by atoms with E-state index in [0.29, 0.717) is 9.13 Å². The van der Waals surface area contributed by atoms with E-state index in [4.69, 9.17) is 8.92 Å². The van der Waals surface area contributed by atoms with Gasteiger partial charge in [0.25, 0.3) is 17.3 Å². The number of hydrogen-bond acceptors (Lipinski definition) is 10. The van der Waals surface area contributed by atoms with Gasteiger partial charge in [0.15, 0.2) is 11.5 Å². The fourth-order valence-corrected chi connectivity index (χ4v) is 4.59. The van der Waals surface area contributed by atoms with Crippen molar-refractivity contribution in [2.75, 3.05) is 7.11 Å². The fraction of sp³-hybridized carbons (Fsp3) is 0.0476. The van der Waals surface area contributed by atoms with E-state index in [1.807, 2.05) is 22.6 Å². The second-order valence-electron chi connectivity index (χ2n) is 6.83. The lowest BCUT2D eigenvalue weighted by Crippen LogP contribution is -2.17. The van der Waals surface area contributed by atoms with Crippen molar-refractivity contribution in [2.45, 2.75) is 4.90 Å². The topological polar surface area (TPSA) is 180 Å². The third-order valence-corrected chi connectivity index (χ3v) is 6.54. The highest BCUT2D eigenvalue weighted by molar-refractivity contribution is 14.1. The first kappa shape index (κ1) is 26.5. The quantitative estimate of drug-likeness (QED) is 0.122. The third kappa shape index (κ3) is 6.30. The molecule has 1 amide bonds. The smallest absolute Gasteiger partial charge is 0.339 e. The van der Waals surface area contributed by atoms with Gasteiger partial charge >= 0.3 is 10.1 Å². The Labute approximate surface area is 217 Å². The Morgan fingerprint density at radius 1 is 1.00 bits per heavy atom. The minimum Gasteiger partial charge on any atom is -0.493 e. The molecular formula is C21H15IN4O9S. The van der Waals surface area contributed by atoms with Gasteiger partial charge < -0.3 is 8.92 Å². The number of ether oxygens (including phenoxy) is 1. The molecule has 0 aliphatic heterocycles. The molecule has 0 saturated heterocycles. The van der Waals surface area contributed by atoms with Crippen molar-refractivity contribution in [3.63, 3.8) is 0 Å². The van der Waals surface area contributed by atoms with E-state index in [-0.39, 0.29) is 33.3 Å². The van der Waals surface area contributed by atoms with E-state index in [1.54, 1.807) is 0 Å². The van der Waals surface area contributed by atoms with Crippen LogP contribution in [0.1, 0.15) is 15.9 Å². The van der Waals surface area contributed by atoms with Crippen LogP contribution in [0.25, 0.3) is 0 Å². The Hall–Kier alpha value is -4.12. The number of benzene rings is 3. The number of hydrazone groups is 1. The van der Waals surface area contributed by atoms with Crippen LogP contribution in [0.15, 0.2) is 70.7 Å². The van der Waals surface area contributed by atoms with Crippen LogP contribution in [-0.4, -0.2) is 37.5 Å². The summed E-state index contributed by atoms with van der Waals surface area (Å²) in [7, 11) is -3.03. The second kappa shape index (κ2) is 11.1. The number of halogens is 1. The summed E-state index contributed by atoms with van der Waals surface area (Å²) >= 11 is 1.83. The second-order valence-corrected chi connectivity index (χ2v) is 9.53. The SMILES string of the molecule is COc1cc(/C=N\NC(=O)c2ccc([N+](=O)[O-])cc2)cc(I)c1OS(=O)(=O)c1ccc([N+](=O)[O-])cc1. The van der Waals surface area contributed by atoms with Gasteiger partial charge in [-0.05, 0) is 64.6 Å². The van der Waals surface area contributed by atoms with Crippen LogP contribution in [-0.2, 0) is 10.1 Å².